The second-order valence-corrected chi connectivity index (χ2v) is 4.87. The summed E-state index contributed by atoms with van der Waals surface area (Å²) in [4.78, 5) is 13.2. The van der Waals surface area contributed by atoms with Crippen LogP contribution in [0.1, 0.15) is 22.8 Å². The molecule has 5 heteroatoms. The summed E-state index contributed by atoms with van der Waals surface area (Å²) in [5.41, 5.74) is 1.55. The summed E-state index contributed by atoms with van der Waals surface area (Å²) in [7, 11) is 0. The van der Waals surface area contributed by atoms with Gasteiger partial charge in [-0.15, -0.1) is 0 Å². The van der Waals surface area contributed by atoms with Crippen molar-refractivity contribution in [1.82, 2.24) is 0 Å². The SMILES string of the molecule is CCN(Cc1ccccc1)c1ccc(C(=O)C(F)(F)F)cc1. The number of nitrogens with zero attached hydrogens (tertiary/aromatic N) is 1. The molecule has 0 bridgehead atoms. The highest BCUT2D eigenvalue weighted by Gasteiger charge is 2.39. The number of rotatable bonds is 5. The largest absolute Gasteiger partial charge is 0.454 e. The summed E-state index contributed by atoms with van der Waals surface area (Å²) < 4.78 is 37.2. The minimum atomic E-state index is -4.84. The third-order valence-electron chi connectivity index (χ3n) is 3.35. The Bertz CT molecular complexity index is 621. The maximum absolute atomic E-state index is 12.4. The van der Waals surface area contributed by atoms with Crippen LogP contribution in [0, 0.1) is 0 Å². The smallest absolute Gasteiger partial charge is 0.367 e. The van der Waals surface area contributed by atoms with E-state index in [1.807, 2.05) is 42.2 Å². The molecule has 2 aromatic carbocycles. The third kappa shape index (κ3) is 3.87. The molecule has 2 rings (SSSR count). The standard InChI is InChI=1S/C17H16F3NO/c1-2-21(12-13-6-4-3-5-7-13)15-10-8-14(9-11-15)16(22)17(18,19)20/h3-11H,2,12H2,1H3. The fourth-order valence-corrected chi connectivity index (χ4v) is 2.18. The molecular formula is C17H16F3NO. The Hall–Kier alpha value is -2.30. The number of carbonyl (C=O) groups is 1. The second kappa shape index (κ2) is 6.64. The zero-order valence-corrected chi connectivity index (χ0v) is 12.1. The lowest BCUT2D eigenvalue weighted by molar-refractivity contribution is -0.0885. The van der Waals surface area contributed by atoms with Gasteiger partial charge in [0.25, 0.3) is 5.78 Å². The van der Waals surface area contributed by atoms with Crippen LogP contribution in [0.5, 0.6) is 0 Å². The first kappa shape index (κ1) is 16.1. The van der Waals surface area contributed by atoms with Crippen LogP contribution in [0.4, 0.5) is 18.9 Å². The van der Waals surface area contributed by atoms with Crippen molar-refractivity contribution in [3.63, 3.8) is 0 Å². The number of benzene rings is 2. The molecule has 0 aromatic heterocycles. The minimum Gasteiger partial charge on any atom is -0.367 e. The molecule has 0 heterocycles. The predicted molar refractivity (Wildman–Crippen MR) is 80.0 cm³/mol. The zero-order chi connectivity index (χ0) is 16.2. The zero-order valence-electron chi connectivity index (χ0n) is 12.1. The first-order chi connectivity index (χ1) is 10.4. The lowest BCUT2D eigenvalue weighted by atomic mass is 10.1. The number of hydrogen-bond donors (Lipinski definition) is 0. The lowest BCUT2D eigenvalue weighted by Crippen LogP contribution is -2.24. The highest BCUT2D eigenvalue weighted by molar-refractivity contribution is 6.00. The summed E-state index contributed by atoms with van der Waals surface area (Å²) in [6, 6.07) is 15.3. The van der Waals surface area contributed by atoms with Crippen LogP contribution >= 0.6 is 0 Å². The van der Waals surface area contributed by atoms with Crippen molar-refractivity contribution in [1.29, 1.82) is 0 Å². The van der Waals surface area contributed by atoms with E-state index in [1.54, 1.807) is 12.1 Å². The quantitative estimate of drug-likeness (QED) is 0.760. The van der Waals surface area contributed by atoms with Crippen LogP contribution in [-0.4, -0.2) is 18.5 Å². The lowest BCUT2D eigenvalue weighted by Gasteiger charge is -2.23. The van der Waals surface area contributed by atoms with Crippen LogP contribution < -0.4 is 4.90 Å². The highest BCUT2D eigenvalue weighted by Crippen LogP contribution is 2.24. The first-order valence-corrected chi connectivity index (χ1v) is 6.92. The molecule has 0 atom stereocenters. The van der Waals surface area contributed by atoms with E-state index in [2.05, 4.69) is 0 Å². The van der Waals surface area contributed by atoms with Gasteiger partial charge < -0.3 is 4.90 Å². The summed E-state index contributed by atoms with van der Waals surface area (Å²) in [5.74, 6) is -1.81. The monoisotopic (exact) mass is 307 g/mol. The van der Waals surface area contributed by atoms with Gasteiger partial charge >= 0.3 is 6.18 Å². The number of Topliss-reactive ketones (excluding diaryl/α,β-unsaturated/α-hetero) is 1. The maximum Gasteiger partial charge on any atom is 0.454 e. The third-order valence-corrected chi connectivity index (χ3v) is 3.35. The Labute approximate surface area is 127 Å². The van der Waals surface area contributed by atoms with Crippen molar-refractivity contribution in [2.45, 2.75) is 19.6 Å². The number of halogens is 3. The molecule has 0 saturated carbocycles. The minimum absolute atomic E-state index is 0.341. The molecule has 0 N–H and O–H groups in total. The van der Waals surface area contributed by atoms with Gasteiger partial charge in [-0.05, 0) is 36.8 Å². The molecule has 116 valence electrons. The Morgan fingerprint density at radius 2 is 1.59 bits per heavy atom. The van der Waals surface area contributed by atoms with E-state index >= 15 is 0 Å². The van der Waals surface area contributed by atoms with Crippen LogP contribution in [0.25, 0.3) is 0 Å². The molecule has 2 aromatic rings. The summed E-state index contributed by atoms with van der Waals surface area (Å²) in [5, 5.41) is 0. The van der Waals surface area contributed by atoms with E-state index in [9.17, 15) is 18.0 Å². The molecule has 2 nitrogen and oxygen atoms in total. The predicted octanol–water partition coefficient (Wildman–Crippen LogP) is 4.46. The Balaban J connectivity index is 2.16. The van der Waals surface area contributed by atoms with E-state index < -0.39 is 12.0 Å². The number of anilines is 1. The van der Waals surface area contributed by atoms with Crippen LogP contribution in [-0.2, 0) is 6.54 Å². The van der Waals surface area contributed by atoms with Gasteiger partial charge in [-0.3, -0.25) is 4.79 Å². The Morgan fingerprint density at radius 1 is 1.00 bits per heavy atom. The van der Waals surface area contributed by atoms with Crippen molar-refractivity contribution in [3.05, 3.63) is 65.7 Å². The molecule has 0 aliphatic rings. The van der Waals surface area contributed by atoms with Crippen molar-refractivity contribution in [2.24, 2.45) is 0 Å². The van der Waals surface area contributed by atoms with Crippen molar-refractivity contribution >= 4 is 11.5 Å². The number of ketones is 1. The fraction of sp³-hybridized carbons (Fsp3) is 0.235. The maximum atomic E-state index is 12.4. The molecule has 0 aliphatic carbocycles. The second-order valence-electron chi connectivity index (χ2n) is 4.87. The average Bonchev–Trinajstić information content (AvgIpc) is 2.52. The molecule has 0 fully saturated rings. The van der Waals surface area contributed by atoms with E-state index in [0.29, 0.717) is 13.1 Å². The molecule has 0 radical (unpaired) electrons. The molecule has 22 heavy (non-hydrogen) atoms. The normalized spacial score (nSPS) is 11.3. The number of carbonyl (C=O) groups excluding carboxylic acids is 1. The van der Waals surface area contributed by atoms with Gasteiger partial charge in [0.05, 0.1) is 0 Å². The van der Waals surface area contributed by atoms with Crippen molar-refractivity contribution in [2.75, 3.05) is 11.4 Å². The fourth-order valence-electron chi connectivity index (χ4n) is 2.18. The Kier molecular flexibility index (Phi) is 4.85. The molecular weight excluding hydrogens is 291 g/mol. The van der Waals surface area contributed by atoms with Gasteiger partial charge in [0.1, 0.15) is 0 Å². The van der Waals surface area contributed by atoms with E-state index in [0.717, 1.165) is 11.3 Å². The number of alkyl halides is 3. The average molecular weight is 307 g/mol. The van der Waals surface area contributed by atoms with Gasteiger partial charge in [-0.25, -0.2) is 0 Å². The Morgan fingerprint density at radius 3 is 2.09 bits per heavy atom. The van der Waals surface area contributed by atoms with Gasteiger partial charge in [-0.1, -0.05) is 30.3 Å². The first-order valence-electron chi connectivity index (χ1n) is 6.92. The van der Waals surface area contributed by atoms with Gasteiger partial charge in [0.2, 0.25) is 0 Å². The van der Waals surface area contributed by atoms with Gasteiger partial charge in [0.15, 0.2) is 0 Å². The van der Waals surface area contributed by atoms with Crippen molar-refractivity contribution in [3.8, 4) is 0 Å². The van der Waals surface area contributed by atoms with Crippen molar-refractivity contribution < 1.29 is 18.0 Å². The summed E-state index contributed by atoms with van der Waals surface area (Å²) in [6.07, 6.45) is -4.84. The molecule has 0 unspecified atom stereocenters. The summed E-state index contributed by atoms with van der Waals surface area (Å²) in [6.45, 7) is 3.34. The molecule has 0 aliphatic heterocycles. The molecule has 0 spiro atoms. The van der Waals surface area contributed by atoms with Gasteiger partial charge in [-0.2, -0.15) is 13.2 Å². The molecule has 0 amide bonds. The van der Waals surface area contributed by atoms with Crippen LogP contribution in [0.2, 0.25) is 0 Å². The molecule has 0 saturated heterocycles. The summed E-state index contributed by atoms with van der Waals surface area (Å²) >= 11 is 0. The van der Waals surface area contributed by atoms with Crippen LogP contribution in [0.3, 0.4) is 0 Å². The van der Waals surface area contributed by atoms with Crippen LogP contribution in [0.15, 0.2) is 54.6 Å². The topological polar surface area (TPSA) is 20.3 Å². The van der Waals surface area contributed by atoms with Gasteiger partial charge in [0, 0.05) is 24.3 Å². The van der Waals surface area contributed by atoms with E-state index in [1.165, 1.54) is 12.1 Å². The number of hydrogen-bond acceptors (Lipinski definition) is 2. The van der Waals surface area contributed by atoms with E-state index in [4.69, 9.17) is 0 Å². The van der Waals surface area contributed by atoms with E-state index in [-0.39, 0.29) is 5.56 Å². The highest BCUT2D eigenvalue weighted by atomic mass is 19.4.